The zero-order chi connectivity index (χ0) is 25.6. The highest BCUT2D eigenvalue weighted by atomic mass is 32.2. The molecule has 0 fully saturated rings. The summed E-state index contributed by atoms with van der Waals surface area (Å²) in [5.41, 5.74) is 3.34. The molecule has 0 aliphatic carbocycles. The van der Waals surface area contributed by atoms with Gasteiger partial charge in [-0.15, -0.1) is 0 Å². The lowest BCUT2D eigenvalue weighted by Gasteiger charge is -2.27. The van der Waals surface area contributed by atoms with Crippen LogP contribution in [0.15, 0.2) is 77.7 Å². The van der Waals surface area contributed by atoms with Gasteiger partial charge in [0.05, 0.1) is 23.7 Å². The fraction of sp³-hybridized carbons (Fsp3) is 0.321. The first-order valence-corrected chi connectivity index (χ1v) is 13.1. The summed E-state index contributed by atoms with van der Waals surface area (Å²) in [7, 11) is -2.35. The van der Waals surface area contributed by atoms with Crippen LogP contribution in [0.2, 0.25) is 0 Å². The summed E-state index contributed by atoms with van der Waals surface area (Å²) in [4.78, 5) is 13.4. The Hall–Kier alpha value is -3.32. The number of rotatable bonds is 10. The summed E-state index contributed by atoms with van der Waals surface area (Å²) in [6.45, 7) is 7.67. The third-order valence-electron chi connectivity index (χ3n) is 5.78. The van der Waals surface area contributed by atoms with E-state index in [9.17, 15) is 13.2 Å². The first-order chi connectivity index (χ1) is 16.6. The largest absolute Gasteiger partial charge is 0.497 e. The summed E-state index contributed by atoms with van der Waals surface area (Å²) in [5, 5.41) is 3.06. The molecule has 1 atom stereocenters. The van der Waals surface area contributed by atoms with Crippen molar-refractivity contribution >= 4 is 21.6 Å². The minimum atomic E-state index is -3.96. The van der Waals surface area contributed by atoms with Crippen LogP contribution in [-0.2, 0) is 14.8 Å². The molecule has 0 aliphatic heterocycles. The highest BCUT2D eigenvalue weighted by Crippen LogP contribution is 2.26. The molecule has 3 rings (SSSR count). The second kappa shape index (κ2) is 11.4. The van der Waals surface area contributed by atoms with Crippen molar-refractivity contribution in [2.24, 2.45) is 5.92 Å². The van der Waals surface area contributed by atoms with Crippen molar-refractivity contribution in [1.82, 2.24) is 5.32 Å². The Balaban J connectivity index is 1.91. The number of ether oxygens (including phenoxy) is 1. The molecule has 6 nitrogen and oxygen atoms in total. The van der Waals surface area contributed by atoms with Crippen LogP contribution >= 0.6 is 0 Å². The predicted molar refractivity (Wildman–Crippen MR) is 140 cm³/mol. The smallest absolute Gasteiger partial charge is 0.264 e. The Morgan fingerprint density at radius 1 is 0.886 bits per heavy atom. The van der Waals surface area contributed by atoms with Gasteiger partial charge in [-0.2, -0.15) is 0 Å². The second-order valence-electron chi connectivity index (χ2n) is 9.18. The molecule has 3 aromatic carbocycles. The number of sulfonamides is 1. The SMILES string of the molecule is COc1ccc([C@H](CC(C)C)NC(=O)CN(c2ccc(C)cc2)S(=O)(=O)c2ccc(C)cc2)cc1. The number of benzene rings is 3. The van der Waals surface area contributed by atoms with Crippen LogP contribution in [0.25, 0.3) is 0 Å². The van der Waals surface area contributed by atoms with Crippen molar-refractivity contribution < 1.29 is 17.9 Å². The number of carbonyl (C=O) groups excluding carboxylic acids is 1. The van der Waals surface area contributed by atoms with Crippen LogP contribution < -0.4 is 14.4 Å². The summed E-state index contributed by atoms with van der Waals surface area (Å²) >= 11 is 0. The average molecular weight is 495 g/mol. The Morgan fingerprint density at radius 3 is 1.94 bits per heavy atom. The lowest BCUT2D eigenvalue weighted by atomic mass is 9.97. The number of methoxy groups -OCH3 is 1. The molecule has 0 bridgehead atoms. The van der Waals surface area contributed by atoms with E-state index in [4.69, 9.17) is 4.74 Å². The number of hydrogen-bond acceptors (Lipinski definition) is 4. The summed E-state index contributed by atoms with van der Waals surface area (Å²) in [6, 6.07) is 21.1. The number of anilines is 1. The molecule has 0 unspecified atom stereocenters. The fourth-order valence-electron chi connectivity index (χ4n) is 3.82. The van der Waals surface area contributed by atoms with Crippen molar-refractivity contribution in [1.29, 1.82) is 0 Å². The van der Waals surface area contributed by atoms with Crippen molar-refractivity contribution in [3.05, 3.63) is 89.5 Å². The van der Waals surface area contributed by atoms with Gasteiger partial charge in [-0.1, -0.05) is 61.4 Å². The topological polar surface area (TPSA) is 75.7 Å². The fourth-order valence-corrected chi connectivity index (χ4v) is 5.24. The maximum absolute atomic E-state index is 13.6. The molecular weight excluding hydrogens is 460 g/mol. The van der Waals surface area contributed by atoms with E-state index in [1.54, 1.807) is 43.5 Å². The molecule has 0 radical (unpaired) electrons. The van der Waals surface area contributed by atoms with Gasteiger partial charge < -0.3 is 10.1 Å². The molecular formula is C28H34N2O4S. The van der Waals surface area contributed by atoms with Gasteiger partial charge in [-0.05, 0) is 68.1 Å². The predicted octanol–water partition coefficient (Wildman–Crippen LogP) is 5.41. The summed E-state index contributed by atoms with van der Waals surface area (Å²) in [6.07, 6.45) is 0.716. The molecule has 0 aliphatic rings. The average Bonchev–Trinajstić information content (AvgIpc) is 2.83. The van der Waals surface area contributed by atoms with Crippen molar-refractivity contribution in [2.75, 3.05) is 18.0 Å². The van der Waals surface area contributed by atoms with E-state index in [0.29, 0.717) is 18.0 Å². The van der Waals surface area contributed by atoms with E-state index in [1.807, 2.05) is 50.2 Å². The molecule has 0 aromatic heterocycles. The number of hydrogen-bond donors (Lipinski definition) is 1. The van der Waals surface area contributed by atoms with Gasteiger partial charge in [-0.3, -0.25) is 9.10 Å². The van der Waals surface area contributed by atoms with E-state index in [1.165, 1.54) is 4.31 Å². The number of nitrogens with zero attached hydrogens (tertiary/aromatic N) is 1. The molecule has 35 heavy (non-hydrogen) atoms. The first-order valence-electron chi connectivity index (χ1n) is 11.7. The molecule has 7 heteroatoms. The molecule has 0 saturated carbocycles. The van der Waals surface area contributed by atoms with E-state index < -0.39 is 10.0 Å². The zero-order valence-electron chi connectivity index (χ0n) is 21.0. The quantitative estimate of drug-likeness (QED) is 0.409. The molecule has 1 amide bonds. The van der Waals surface area contributed by atoms with Gasteiger partial charge in [0.25, 0.3) is 10.0 Å². The Bertz CT molecular complexity index is 1220. The van der Waals surface area contributed by atoms with Crippen LogP contribution in [0.4, 0.5) is 5.69 Å². The Morgan fingerprint density at radius 2 is 1.43 bits per heavy atom. The van der Waals surface area contributed by atoms with Crippen LogP contribution in [0.3, 0.4) is 0 Å². The van der Waals surface area contributed by atoms with Gasteiger partial charge in [0, 0.05) is 0 Å². The number of nitrogens with one attached hydrogen (secondary N) is 1. The molecule has 1 N–H and O–H groups in total. The maximum atomic E-state index is 13.6. The molecule has 0 heterocycles. The van der Waals surface area contributed by atoms with Gasteiger partial charge in [0.1, 0.15) is 12.3 Å². The number of carbonyl (C=O) groups is 1. The van der Waals surface area contributed by atoms with E-state index >= 15 is 0 Å². The van der Waals surface area contributed by atoms with E-state index in [-0.39, 0.29) is 23.4 Å². The highest BCUT2D eigenvalue weighted by Gasteiger charge is 2.28. The summed E-state index contributed by atoms with van der Waals surface area (Å²) in [5.74, 6) is 0.688. The molecule has 3 aromatic rings. The van der Waals surface area contributed by atoms with E-state index in [2.05, 4.69) is 19.2 Å². The lowest BCUT2D eigenvalue weighted by molar-refractivity contribution is -0.120. The van der Waals surface area contributed by atoms with Crippen molar-refractivity contribution in [3.63, 3.8) is 0 Å². The maximum Gasteiger partial charge on any atom is 0.264 e. The highest BCUT2D eigenvalue weighted by molar-refractivity contribution is 7.92. The normalized spacial score (nSPS) is 12.3. The standard InChI is InChI=1S/C28H34N2O4S/c1-20(2)18-27(23-10-14-25(34-5)15-11-23)29-28(31)19-30(24-12-6-21(3)7-13-24)35(32,33)26-16-8-22(4)9-17-26/h6-17,20,27H,18-19H2,1-5H3,(H,29,31)/t27-/m0/s1. The van der Waals surface area contributed by atoms with Crippen molar-refractivity contribution in [3.8, 4) is 5.75 Å². The molecule has 0 saturated heterocycles. The monoisotopic (exact) mass is 494 g/mol. The Kier molecular flexibility index (Phi) is 8.57. The molecule has 186 valence electrons. The first kappa shape index (κ1) is 26.3. The van der Waals surface area contributed by atoms with Crippen LogP contribution in [0.5, 0.6) is 5.75 Å². The number of amides is 1. The number of aryl methyl sites for hydroxylation is 2. The van der Waals surface area contributed by atoms with E-state index in [0.717, 1.165) is 22.4 Å². The third kappa shape index (κ3) is 6.85. The van der Waals surface area contributed by atoms with Gasteiger partial charge in [-0.25, -0.2) is 8.42 Å². The minimum absolute atomic E-state index is 0.144. The second-order valence-corrected chi connectivity index (χ2v) is 11.0. The van der Waals surface area contributed by atoms with Gasteiger partial charge >= 0.3 is 0 Å². The Labute approximate surface area is 209 Å². The van der Waals surface area contributed by atoms with Gasteiger partial charge in [0.15, 0.2) is 0 Å². The van der Waals surface area contributed by atoms with Crippen molar-refractivity contribution in [2.45, 2.75) is 45.1 Å². The van der Waals surface area contributed by atoms with Crippen LogP contribution in [0, 0.1) is 19.8 Å². The minimum Gasteiger partial charge on any atom is -0.497 e. The summed E-state index contributed by atoms with van der Waals surface area (Å²) < 4.78 is 33.6. The third-order valence-corrected chi connectivity index (χ3v) is 7.57. The van der Waals surface area contributed by atoms with Crippen LogP contribution in [0.1, 0.15) is 43.0 Å². The molecule has 0 spiro atoms. The van der Waals surface area contributed by atoms with Crippen LogP contribution in [-0.4, -0.2) is 28.0 Å². The van der Waals surface area contributed by atoms with Gasteiger partial charge in [0.2, 0.25) is 5.91 Å². The zero-order valence-corrected chi connectivity index (χ0v) is 21.8. The lowest BCUT2D eigenvalue weighted by Crippen LogP contribution is -2.42.